The van der Waals surface area contributed by atoms with Gasteiger partial charge in [0.1, 0.15) is 10.1 Å². The number of ether oxygens (including phenoxy) is 1. The Balaban J connectivity index is 1.54. The van der Waals surface area contributed by atoms with Crippen molar-refractivity contribution in [2.75, 3.05) is 19.0 Å². The van der Waals surface area contributed by atoms with Gasteiger partial charge in [0.05, 0.1) is 17.6 Å². The summed E-state index contributed by atoms with van der Waals surface area (Å²) in [7, 11) is 1.32. The highest BCUT2D eigenvalue weighted by molar-refractivity contribution is 8.26. The van der Waals surface area contributed by atoms with Crippen LogP contribution in [0.25, 0.3) is 6.08 Å². The predicted octanol–water partition coefficient (Wildman–Crippen LogP) is 3.49. The zero-order chi connectivity index (χ0) is 21.5. The predicted molar refractivity (Wildman–Crippen MR) is 120 cm³/mol. The molecule has 1 aromatic heterocycles. The number of nitrogens with zero attached hydrogens (tertiary/aromatic N) is 2. The summed E-state index contributed by atoms with van der Waals surface area (Å²) in [6.45, 7) is 0.360. The van der Waals surface area contributed by atoms with E-state index < -0.39 is 5.97 Å². The molecular weight excluding hydrogens is 422 g/mol. The minimum Gasteiger partial charge on any atom is -0.465 e. The van der Waals surface area contributed by atoms with Gasteiger partial charge in [0, 0.05) is 19.2 Å². The molecule has 0 spiro atoms. The first-order valence-corrected chi connectivity index (χ1v) is 10.3. The van der Waals surface area contributed by atoms with Gasteiger partial charge in [0.2, 0.25) is 5.91 Å². The molecule has 7 nitrogen and oxygen atoms in total. The van der Waals surface area contributed by atoms with E-state index in [0.717, 1.165) is 5.56 Å². The van der Waals surface area contributed by atoms with Crippen molar-refractivity contribution in [1.82, 2.24) is 9.88 Å². The monoisotopic (exact) mass is 441 g/mol. The maximum Gasteiger partial charge on any atom is 0.337 e. The number of carbonyl (C=O) groups excluding carboxylic acids is 3. The van der Waals surface area contributed by atoms with Crippen LogP contribution in [-0.4, -0.2) is 45.6 Å². The number of anilines is 1. The standard InChI is InChI=1S/C21H19N3O4S2/c1-28-20(27)15-9-7-14(8-10-15)13-16-19(26)24(21(29)30-16)12-4-6-18(25)23-17-5-2-3-11-22-17/h2-3,5,7-11,13H,4,6,12H2,1H3,(H,22,23,25)/b16-13-. The quantitative estimate of drug-likeness (QED) is 0.400. The minimum absolute atomic E-state index is 0.166. The Hall–Kier alpha value is -3.04. The van der Waals surface area contributed by atoms with E-state index in [-0.39, 0.29) is 18.2 Å². The Morgan fingerprint density at radius 1 is 1.23 bits per heavy atom. The number of nitrogens with one attached hydrogen (secondary N) is 1. The molecule has 1 aliphatic rings. The van der Waals surface area contributed by atoms with Gasteiger partial charge in [-0.15, -0.1) is 0 Å². The van der Waals surface area contributed by atoms with Crippen LogP contribution in [0.4, 0.5) is 5.82 Å². The van der Waals surface area contributed by atoms with Crippen molar-refractivity contribution < 1.29 is 19.1 Å². The van der Waals surface area contributed by atoms with Gasteiger partial charge in [-0.1, -0.05) is 42.2 Å². The van der Waals surface area contributed by atoms with E-state index in [9.17, 15) is 14.4 Å². The van der Waals surface area contributed by atoms with Crippen LogP contribution in [0.5, 0.6) is 0 Å². The number of thioether (sulfide) groups is 1. The topological polar surface area (TPSA) is 88.6 Å². The van der Waals surface area contributed by atoms with Crippen molar-refractivity contribution in [2.24, 2.45) is 0 Å². The highest BCUT2D eigenvalue weighted by Gasteiger charge is 2.31. The van der Waals surface area contributed by atoms with Crippen LogP contribution in [0.2, 0.25) is 0 Å². The van der Waals surface area contributed by atoms with Crippen LogP contribution >= 0.6 is 24.0 Å². The molecule has 0 radical (unpaired) electrons. The zero-order valence-electron chi connectivity index (χ0n) is 16.2. The molecule has 2 aromatic rings. The first-order chi connectivity index (χ1) is 14.5. The maximum absolute atomic E-state index is 12.7. The van der Waals surface area contributed by atoms with Gasteiger partial charge >= 0.3 is 5.97 Å². The van der Waals surface area contributed by atoms with Gasteiger partial charge in [-0.05, 0) is 42.3 Å². The molecule has 1 N–H and O–H groups in total. The highest BCUT2D eigenvalue weighted by atomic mass is 32.2. The lowest BCUT2D eigenvalue weighted by atomic mass is 10.1. The van der Waals surface area contributed by atoms with Crippen LogP contribution in [0.3, 0.4) is 0 Å². The molecule has 0 aliphatic carbocycles. The summed E-state index contributed by atoms with van der Waals surface area (Å²) >= 11 is 6.54. The average molecular weight is 442 g/mol. The lowest BCUT2D eigenvalue weighted by molar-refractivity contribution is -0.122. The van der Waals surface area contributed by atoms with Crippen molar-refractivity contribution in [3.8, 4) is 0 Å². The van der Waals surface area contributed by atoms with Gasteiger partial charge in [0.25, 0.3) is 5.91 Å². The highest BCUT2D eigenvalue weighted by Crippen LogP contribution is 2.32. The molecule has 2 amide bonds. The third-order valence-corrected chi connectivity index (χ3v) is 5.60. The van der Waals surface area contributed by atoms with Crippen molar-refractivity contribution in [3.63, 3.8) is 0 Å². The number of rotatable bonds is 7. The fraction of sp³-hybridized carbons (Fsp3) is 0.190. The summed E-state index contributed by atoms with van der Waals surface area (Å²) in [5, 5.41) is 2.71. The van der Waals surface area contributed by atoms with Crippen molar-refractivity contribution in [2.45, 2.75) is 12.8 Å². The summed E-state index contributed by atoms with van der Waals surface area (Å²) in [6.07, 6.45) is 4.06. The molecule has 0 unspecified atom stereocenters. The molecule has 1 fully saturated rings. The number of pyridine rings is 1. The number of methoxy groups -OCH3 is 1. The van der Waals surface area contributed by atoms with Crippen LogP contribution in [0, 0.1) is 0 Å². The largest absolute Gasteiger partial charge is 0.465 e. The Kier molecular flexibility index (Phi) is 7.31. The Morgan fingerprint density at radius 3 is 2.67 bits per heavy atom. The van der Waals surface area contributed by atoms with Crippen LogP contribution in [0.1, 0.15) is 28.8 Å². The number of esters is 1. The van der Waals surface area contributed by atoms with Gasteiger partial charge in [0.15, 0.2) is 0 Å². The van der Waals surface area contributed by atoms with E-state index in [4.69, 9.17) is 12.2 Å². The first kappa shape index (κ1) is 21.7. The van der Waals surface area contributed by atoms with Crippen molar-refractivity contribution >= 4 is 58.0 Å². The normalized spacial score (nSPS) is 14.8. The average Bonchev–Trinajstić information content (AvgIpc) is 3.01. The number of thiocarbonyl (C=S) groups is 1. The molecule has 1 saturated heterocycles. The number of aromatic nitrogens is 1. The Bertz CT molecular complexity index is 991. The Morgan fingerprint density at radius 2 is 2.00 bits per heavy atom. The second-order valence-electron chi connectivity index (χ2n) is 6.31. The first-order valence-electron chi connectivity index (χ1n) is 9.12. The van der Waals surface area contributed by atoms with Gasteiger partial charge < -0.3 is 10.1 Å². The second-order valence-corrected chi connectivity index (χ2v) is 7.99. The number of amides is 2. The maximum atomic E-state index is 12.7. The summed E-state index contributed by atoms with van der Waals surface area (Å²) < 4.78 is 5.13. The number of hydrogen-bond donors (Lipinski definition) is 1. The fourth-order valence-corrected chi connectivity index (χ4v) is 4.03. The smallest absolute Gasteiger partial charge is 0.337 e. The third kappa shape index (κ3) is 5.52. The second kappa shape index (κ2) is 10.1. The number of hydrogen-bond acceptors (Lipinski definition) is 7. The summed E-state index contributed by atoms with van der Waals surface area (Å²) in [5.74, 6) is -0.276. The van der Waals surface area contributed by atoms with Gasteiger partial charge in [-0.25, -0.2) is 9.78 Å². The number of benzene rings is 1. The zero-order valence-corrected chi connectivity index (χ0v) is 17.8. The molecule has 0 atom stereocenters. The number of carbonyl (C=O) groups is 3. The third-order valence-electron chi connectivity index (χ3n) is 4.22. The molecule has 30 heavy (non-hydrogen) atoms. The van der Waals surface area contributed by atoms with Gasteiger partial charge in [-0.2, -0.15) is 0 Å². The SMILES string of the molecule is COC(=O)c1ccc(/C=C2\SC(=S)N(CCCC(=O)Nc3ccccn3)C2=O)cc1. The molecule has 9 heteroatoms. The lowest BCUT2D eigenvalue weighted by Gasteiger charge is -2.14. The van der Waals surface area contributed by atoms with Crippen LogP contribution in [0.15, 0.2) is 53.6 Å². The summed E-state index contributed by atoms with van der Waals surface area (Å²) in [5.41, 5.74) is 1.21. The van der Waals surface area contributed by atoms with Crippen molar-refractivity contribution in [3.05, 3.63) is 64.7 Å². The van der Waals surface area contributed by atoms with E-state index in [0.29, 0.717) is 33.6 Å². The van der Waals surface area contributed by atoms with E-state index in [1.807, 2.05) is 0 Å². The van der Waals surface area contributed by atoms with E-state index >= 15 is 0 Å². The fourth-order valence-electron chi connectivity index (χ4n) is 2.72. The van der Waals surface area contributed by atoms with Crippen molar-refractivity contribution in [1.29, 1.82) is 0 Å². The van der Waals surface area contributed by atoms with E-state index in [2.05, 4.69) is 15.0 Å². The van der Waals surface area contributed by atoms with Crippen LogP contribution < -0.4 is 5.32 Å². The van der Waals surface area contributed by atoms with E-state index in [1.54, 1.807) is 54.7 Å². The minimum atomic E-state index is -0.417. The van der Waals surface area contributed by atoms with Gasteiger partial charge in [-0.3, -0.25) is 14.5 Å². The molecular formula is C21H19N3O4S2. The molecule has 154 valence electrons. The molecule has 0 bridgehead atoms. The molecule has 3 rings (SSSR count). The lowest BCUT2D eigenvalue weighted by Crippen LogP contribution is -2.29. The molecule has 1 aliphatic heterocycles. The molecule has 2 heterocycles. The van der Waals surface area contributed by atoms with E-state index in [1.165, 1.54) is 23.8 Å². The summed E-state index contributed by atoms with van der Waals surface area (Å²) in [6, 6.07) is 12.0. The Labute approximate surface area is 183 Å². The summed E-state index contributed by atoms with van der Waals surface area (Å²) in [4.78, 5) is 42.2. The molecule has 1 aromatic carbocycles. The molecule has 0 saturated carbocycles. The van der Waals surface area contributed by atoms with Crippen LogP contribution in [-0.2, 0) is 14.3 Å².